The number of benzene rings is 2. The van der Waals surface area contributed by atoms with E-state index in [1.54, 1.807) is 7.11 Å². The second-order valence-corrected chi connectivity index (χ2v) is 8.67. The molecule has 0 saturated heterocycles. The summed E-state index contributed by atoms with van der Waals surface area (Å²) in [7, 11) is 3.78. The minimum Gasteiger partial charge on any atom is -0.495 e. The molecular weight excluding hydrogens is 476 g/mol. The third-order valence-electron chi connectivity index (χ3n) is 5.50. The number of hydrogen-bond acceptors (Lipinski definition) is 4. The molecule has 0 aliphatic rings. The van der Waals surface area contributed by atoms with E-state index in [4.69, 9.17) is 9.72 Å². The van der Waals surface area contributed by atoms with Gasteiger partial charge in [0.1, 0.15) is 5.75 Å². The Balaban J connectivity index is 0.00000341. The fourth-order valence-electron chi connectivity index (χ4n) is 3.81. The zero-order valence-electron chi connectivity index (χ0n) is 19.2. The van der Waals surface area contributed by atoms with Crippen LogP contribution in [0.3, 0.4) is 0 Å². The first-order valence-electron chi connectivity index (χ1n) is 10.8. The second-order valence-electron chi connectivity index (χ2n) is 7.76. The van der Waals surface area contributed by atoms with E-state index in [2.05, 4.69) is 82.8 Å². The van der Waals surface area contributed by atoms with Gasteiger partial charge in [-0.1, -0.05) is 48.7 Å². The summed E-state index contributed by atoms with van der Waals surface area (Å²) in [5.74, 6) is 1.61. The summed E-state index contributed by atoms with van der Waals surface area (Å²) in [5, 5.41) is 3.52. The number of ether oxygens (including phenoxy) is 1. The molecule has 0 amide bonds. The van der Waals surface area contributed by atoms with E-state index in [9.17, 15) is 0 Å². The van der Waals surface area contributed by atoms with Crippen LogP contribution in [-0.4, -0.2) is 29.8 Å². The number of hydrogen-bond donors (Lipinski definition) is 1. The predicted molar refractivity (Wildman–Crippen MR) is 139 cm³/mol. The molecule has 2 aromatic carbocycles. The van der Waals surface area contributed by atoms with Crippen LogP contribution in [0.25, 0.3) is 11.0 Å². The molecule has 3 rings (SSSR count). The number of rotatable bonds is 10. The van der Waals surface area contributed by atoms with Crippen molar-refractivity contribution < 1.29 is 4.74 Å². The van der Waals surface area contributed by atoms with Crippen LogP contribution in [0.4, 0.5) is 17.3 Å². The lowest BCUT2D eigenvalue weighted by Crippen LogP contribution is -2.26. The number of aromatic nitrogens is 2. The highest BCUT2D eigenvalue weighted by Gasteiger charge is 2.18. The number of methoxy groups -OCH3 is 1. The van der Waals surface area contributed by atoms with Crippen molar-refractivity contribution in [2.45, 2.75) is 46.5 Å². The Morgan fingerprint density at radius 3 is 2.42 bits per heavy atom. The number of anilines is 3. The van der Waals surface area contributed by atoms with Crippen molar-refractivity contribution in [3.63, 3.8) is 0 Å². The fourth-order valence-corrected chi connectivity index (χ4v) is 4.36. The monoisotopic (exact) mass is 508 g/mol. The summed E-state index contributed by atoms with van der Waals surface area (Å²) < 4.78 is 8.77. The third kappa shape index (κ3) is 5.66. The Morgan fingerprint density at radius 1 is 1.13 bits per heavy atom. The third-order valence-corrected chi connectivity index (χ3v) is 5.96. The van der Waals surface area contributed by atoms with Gasteiger partial charge in [0.25, 0.3) is 0 Å². The Kier molecular flexibility index (Phi) is 9.51. The second kappa shape index (κ2) is 11.6. The van der Waals surface area contributed by atoms with Gasteiger partial charge in [-0.15, -0.1) is 12.4 Å². The van der Waals surface area contributed by atoms with Gasteiger partial charge in [0.05, 0.1) is 29.5 Å². The summed E-state index contributed by atoms with van der Waals surface area (Å²) in [5.41, 5.74) is 5.47. The minimum absolute atomic E-state index is 0. The Labute approximate surface area is 200 Å². The van der Waals surface area contributed by atoms with E-state index in [0.29, 0.717) is 0 Å². The van der Waals surface area contributed by atoms with Gasteiger partial charge in [-0.3, -0.25) is 0 Å². The Hall–Kier alpha value is -1.92. The molecule has 0 spiro atoms. The lowest BCUT2D eigenvalue weighted by molar-refractivity contribution is 0.416. The maximum atomic E-state index is 5.61. The van der Waals surface area contributed by atoms with Gasteiger partial charge in [0.2, 0.25) is 5.95 Å². The highest BCUT2D eigenvalue weighted by molar-refractivity contribution is 9.10. The summed E-state index contributed by atoms with van der Waals surface area (Å²) in [6.07, 6.45) is 4.77. The molecule has 0 saturated carbocycles. The normalized spacial score (nSPS) is 10.8. The van der Waals surface area contributed by atoms with Gasteiger partial charge in [0.15, 0.2) is 0 Å². The van der Waals surface area contributed by atoms with Crippen molar-refractivity contribution in [1.82, 2.24) is 9.55 Å². The Bertz CT molecular complexity index is 997. The number of nitrogens with one attached hydrogen (secondary N) is 1. The molecule has 0 fully saturated rings. The van der Waals surface area contributed by atoms with Crippen LogP contribution in [0.15, 0.2) is 34.8 Å². The smallest absolute Gasteiger partial charge is 0.208 e. The fraction of sp³-hybridized carbons (Fsp3) is 0.458. The number of para-hydroxylation sites is 1. The van der Waals surface area contributed by atoms with Crippen LogP contribution in [0.5, 0.6) is 5.75 Å². The van der Waals surface area contributed by atoms with Crippen LogP contribution in [0.2, 0.25) is 0 Å². The quantitative estimate of drug-likeness (QED) is 0.313. The lowest BCUT2D eigenvalue weighted by atomic mass is 10.2. The highest BCUT2D eigenvalue weighted by atomic mass is 79.9. The number of nitrogens with zero attached hydrogens (tertiary/aromatic N) is 3. The molecular formula is C24H34BrClN4O. The van der Waals surface area contributed by atoms with Gasteiger partial charge in [0, 0.05) is 24.6 Å². The highest BCUT2D eigenvalue weighted by Crippen LogP contribution is 2.36. The first-order valence-corrected chi connectivity index (χ1v) is 11.6. The Morgan fingerprint density at radius 2 is 1.81 bits per heavy atom. The number of halogens is 2. The van der Waals surface area contributed by atoms with Gasteiger partial charge in [-0.05, 0) is 49.6 Å². The molecule has 5 nitrogen and oxygen atoms in total. The maximum absolute atomic E-state index is 5.61. The van der Waals surface area contributed by atoms with Crippen LogP contribution < -0.4 is 15.0 Å². The van der Waals surface area contributed by atoms with Crippen LogP contribution in [0, 0.1) is 6.92 Å². The predicted octanol–water partition coefficient (Wildman–Crippen LogP) is 7.22. The number of imidazole rings is 1. The molecule has 0 unspecified atom stereocenters. The molecule has 3 aromatic rings. The van der Waals surface area contributed by atoms with Gasteiger partial charge in [-0.25, -0.2) is 4.98 Å². The van der Waals surface area contributed by atoms with Crippen LogP contribution in [0.1, 0.15) is 45.1 Å². The first-order chi connectivity index (χ1) is 14.5. The molecule has 170 valence electrons. The van der Waals surface area contributed by atoms with E-state index in [-0.39, 0.29) is 12.4 Å². The van der Waals surface area contributed by atoms with Crippen molar-refractivity contribution in [2.24, 2.45) is 7.05 Å². The minimum atomic E-state index is 0. The average molecular weight is 510 g/mol. The van der Waals surface area contributed by atoms with Crippen molar-refractivity contribution in [2.75, 3.05) is 30.4 Å². The summed E-state index contributed by atoms with van der Waals surface area (Å²) in [6, 6.07) is 10.5. The summed E-state index contributed by atoms with van der Waals surface area (Å²) in [4.78, 5) is 7.43. The van der Waals surface area contributed by atoms with E-state index in [0.717, 1.165) is 46.0 Å². The molecule has 0 aliphatic heterocycles. The van der Waals surface area contributed by atoms with Crippen molar-refractivity contribution in [1.29, 1.82) is 0 Å². The molecule has 31 heavy (non-hydrogen) atoms. The van der Waals surface area contributed by atoms with E-state index < -0.39 is 0 Å². The number of aryl methyl sites for hydroxylation is 2. The van der Waals surface area contributed by atoms with Gasteiger partial charge < -0.3 is 19.5 Å². The van der Waals surface area contributed by atoms with Gasteiger partial charge in [-0.2, -0.15) is 0 Å². The van der Waals surface area contributed by atoms with E-state index >= 15 is 0 Å². The van der Waals surface area contributed by atoms with Crippen molar-refractivity contribution in [3.05, 3.63) is 40.4 Å². The van der Waals surface area contributed by atoms with Crippen molar-refractivity contribution >= 4 is 56.7 Å². The largest absolute Gasteiger partial charge is 0.495 e. The summed E-state index contributed by atoms with van der Waals surface area (Å²) >= 11 is 3.55. The molecule has 1 N–H and O–H groups in total. The topological polar surface area (TPSA) is 42.3 Å². The summed E-state index contributed by atoms with van der Waals surface area (Å²) in [6.45, 7) is 8.71. The number of unbranched alkanes of at least 4 members (excludes halogenated alkanes) is 2. The van der Waals surface area contributed by atoms with Gasteiger partial charge >= 0.3 is 0 Å². The standard InChI is InChI=1S/C24H33BrN4O.ClH/c1-6-8-13-29(14-9-7-2)20-12-10-11-19-23(20)28(4)24(26-19)27-22-17(3)15-18(25)16-21(22)30-5;/h10-12,15-16H,6-9,13-14H2,1-5H3,(H,26,27);1H. The number of fused-ring (bicyclic) bond motifs is 1. The zero-order valence-corrected chi connectivity index (χ0v) is 21.6. The average Bonchev–Trinajstić information content (AvgIpc) is 3.05. The van der Waals surface area contributed by atoms with Crippen molar-refractivity contribution in [3.8, 4) is 5.75 Å². The zero-order chi connectivity index (χ0) is 21.7. The van der Waals surface area contributed by atoms with E-state index in [1.807, 2.05) is 6.07 Å². The molecule has 0 radical (unpaired) electrons. The molecule has 0 bridgehead atoms. The van der Waals surface area contributed by atoms with Crippen LogP contribution >= 0.6 is 28.3 Å². The molecule has 1 aromatic heterocycles. The van der Waals surface area contributed by atoms with E-state index in [1.165, 1.54) is 36.9 Å². The maximum Gasteiger partial charge on any atom is 0.208 e. The SMILES string of the molecule is CCCCN(CCCC)c1cccc2nc(Nc3c(C)cc(Br)cc3OC)n(C)c12.Cl. The van der Waals surface area contributed by atoms with Crippen LogP contribution in [-0.2, 0) is 7.05 Å². The molecule has 1 heterocycles. The molecule has 0 atom stereocenters. The lowest BCUT2D eigenvalue weighted by Gasteiger charge is -2.25. The first kappa shape index (κ1) is 25.3. The molecule has 0 aliphatic carbocycles. The molecule has 7 heteroatoms.